The van der Waals surface area contributed by atoms with Gasteiger partial charge in [-0.2, -0.15) is 0 Å². The molecule has 0 bridgehead atoms. The molecule has 2 fully saturated rings. The zero-order valence-corrected chi connectivity index (χ0v) is 11.8. The SMILES string of the molecule is CCCNC(=O)CCNC1CCC12CCCCC2. The fourth-order valence-electron chi connectivity index (χ4n) is 3.58. The molecule has 1 unspecified atom stereocenters. The van der Waals surface area contributed by atoms with Crippen LogP contribution < -0.4 is 10.6 Å². The van der Waals surface area contributed by atoms with E-state index in [1.165, 1.54) is 44.9 Å². The van der Waals surface area contributed by atoms with E-state index in [0.29, 0.717) is 17.9 Å². The molecule has 0 aliphatic heterocycles. The molecular weight excluding hydrogens is 224 g/mol. The van der Waals surface area contributed by atoms with Gasteiger partial charge in [0.25, 0.3) is 0 Å². The predicted molar refractivity (Wildman–Crippen MR) is 74.5 cm³/mol. The Balaban J connectivity index is 1.63. The van der Waals surface area contributed by atoms with Gasteiger partial charge in [-0.1, -0.05) is 26.2 Å². The van der Waals surface area contributed by atoms with Crippen LogP contribution in [0.2, 0.25) is 0 Å². The van der Waals surface area contributed by atoms with Crippen LogP contribution >= 0.6 is 0 Å². The van der Waals surface area contributed by atoms with Crippen molar-refractivity contribution in [3.05, 3.63) is 0 Å². The predicted octanol–water partition coefficient (Wildman–Crippen LogP) is 2.61. The summed E-state index contributed by atoms with van der Waals surface area (Å²) in [6.07, 6.45) is 11.4. The van der Waals surface area contributed by atoms with Gasteiger partial charge in [-0.05, 0) is 37.5 Å². The highest BCUT2D eigenvalue weighted by Crippen LogP contribution is 2.51. The summed E-state index contributed by atoms with van der Waals surface area (Å²) in [6.45, 7) is 3.74. The summed E-state index contributed by atoms with van der Waals surface area (Å²) >= 11 is 0. The van der Waals surface area contributed by atoms with Crippen molar-refractivity contribution in [3.63, 3.8) is 0 Å². The minimum atomic E-state index is 0.196. The Kier molecular flexibility index (Phi) is 5.04. The molecule has 2 aliphatic carbocycles. The van der Waals surface area contributed by atoms with Gasteiger partial charge in [-0.15, -0.1) is 0 Å². The van der Waals surface area contributed by atoms with Gasteiger partial charge < -0.3 is 10.6 Å². The number of rotatable bonds is 6. The Morgan fingerprint density at radius 3 is 2.56 bits per heavy atom. The van der Waals surface area contributed by atoms with Gasteiger partial charge in [0.15, 0.2) is 0 Å². The van der Waals surface area contributed by atoms with E-state index in [1.54, 1.807) is 0 Å². The number of carbonyl (C=O) groups is 1. The standard InChI is InChI=1S/C15H28N2O/c1-2-11-17-14(18)7-12-16-13-6-10-15(13)8-4-3-5-9-15/h13,16H,2-12H2,1H3,(H,17,18). The first-order valence-electron chi connectivity index (χ1n) is 7.77. The zero-order valence-electron chi connectivity index (χ0n) is 11.8. The molecule has 3 nitrogen and oxygen atoms in total. The van der Waals surface area contributed by atoms with Crippen LogP contribution in [-0.2, 0) is 4.79 Å². The fourth-order valence-corrected chi connectivity index (χ4v) is 3.58. The maximum absolute atomic E-state index is 11.5. The maximum Gasteiger partial charge on any atom is 0.221 e. The summed E-state index contributed by atoms with van der Waals surface area (Å²) < 4.78 is 0. The Labute approximate surface area is 111 Å². The summed E-state index contributed by atoms with van der Waals surface area (Å²) in [5.41, 5.74) is 0.609. The van der Waals surface area contributed by atoms with Crippen molar-refractivity contribution in [2.75, 3.05) is 13.1 Å². The van der Waals surface area contributed by atoms with Crippen LogP contribution in [0.5, 0.6) is 0 Å². The molecule has 2 rings (SSSR count). The lowest BCUT2D eigenvalue weighted by molar-refractivity contribution is -0.121. The average molecular weight is 252 g/mol. The number of nitrogens with one attached hydrogen (secondary N) is 2. The molecule has 0 aromatic carbocycles. The molecule has 0 saturated heterocycles. The first-order chi connectivity index (χ1) is 8.77. The molecule has 1 amide bonds. The van der Waals surface area contributed by atoms with E-state index < -0.39 is 0 Å². The van der Waals surface area contributed by atoms with Crippen LogP contribution in [0.1, 0.15) is 64.7 Å². The van der Waals surface area contributed by atoms with E-state index in [0.717, 1.165) is 19.5 Å². The second-order valence-electron chi connectivity index (χ2n) is 6.07. The molecule has 18 heavy (non-hydrogen) atoms. The van der Waals surface area contributed by atoms with Crippen molar-refractivity contribution in [3.8, 4) is 0 Å². The normalized spacial score (nSPS) is 25.7. The van der Waals surface area contributed by atoms with E-state index in [2.05, 4.69) is 17.6 Å². The highest BCUT2D eigenvalue weighted by molar-refractivity contribution is 5.75. The third kappa shape index (κ3) is 3.25. The molecular formula is C15H28N2O. The summed E-state index contributed by atoms with van der Waals surface area (Å²) in [5, 5.41) is 6.56. The van der Waals surface area contributed by atoms with Gasteiger partial charge in [0.05, 0.1) is 0 Å². The van der Waals surface area contributed by atoms with E-state index in [-0.39, 0.29) is 5.91 Å². The van der Waals surface area contributed by atoms with E-state index in [9.17, 15) is 4.79 Å². The van der Waals surface area contributed by atoms with Crippen LogP contribution in [0, 0.1) is 5.41 Å². The minimum absolute atomic E-state index is 0.196. The Morgan fingerprint density at radius 2 is 1.94 bits per heavy atom. The van der Waals surface area contributed by atoms with E-state index >= 15 is 0 Å². The Hall–Kier alpha value is -0.570. The van der Waals surface area contributed by atoms with Crippen molar-refractivity contribution in [1.82, 2.24) is 10.6 Å². The van der Waals surface area contributed by atoms with Crippen LogP contribution in [-0.4, -0.2) is 25.0 Å². The van der Waals surface area contributed by atoms with Gasteiger partial charge in [-0.3, -0.25) is 4.79 Å². The summed E-state index contributed by atoms with van der Waals surface area (Å²) in [6, 6.07) is 0.691. The third-order valence-electron chi connectivity index (χ3n) is 4.83. The number of hydrogen-bond acceptors (Lipinski definition) is 2. The van der Waals surface area contributed by atoms with Crippen molar-refractivity contribution >= 4 is 5.91 Å². The van der Waals surface area contributed by atoms with E-state index in [4.69, 9.17) is 0 Å². The lowest BCUT2D eigenvalue weighted by Gasteiger charge is -2.52. The monoisotopic (exact) mass is 252 g/mol. The van der Waals surface area contributed by atoms with Gasteiger partial charge >= 0.3 is 0 Å². The van der Waals surface area contributed by atoms with Crippen LogP contribution in [0.3, 0.4) is 0 Å². The number of amides is 1. The summed E-state index contributed by atoms with van der Waals surface area (Å²) in [7, 11) is 0. The van der Waals surface area contributed by atoms with Crippen molar-refractivity contribution < 1.29 is 4.79 Å². The van der Waals surface area contributed by atoms with Gasteiger partial charge in [0.1, 0.15) is 0 Å². The molecule has 0 aromatic rings. The first kappa shape index (κ1) is 13.9. The zero-order chi connectivity index (χ0) is 12.8. The minimum Gasteiger partial charge on any atom is -0.356 e. The van der Waals surface area contributed by atoms with Gasteiger partial charge in [-0.25, -0.2) is 0 Å². The highest BCUT2D eigenvalue weighted by Gasteiger charge is 2.46. The third-order valence-corrected chi connectivity index (χ3v) is 4.83. The van der Waals surface area contributed by atoms with Gasteiger partial charge in [0.2, 0.25) is 5.91 Å². The van der Waals surface area contributed by atoms with Gasteiger partial charge in [0, 0.05) is 25.6 Å². The average Bonchev–Trinajstić information content (AvgIpc) is 2.41. The maximum atomic E-state index is 11.5. The molecule has 0 aromatic heterocycles. The Morgan fingerprint density at radius 1 is 1.17 bits per heavy atom. The van der Waals surface area contributed by atoms with E-state index in [1.807, 2.05) is 0 Å². The Bertz CT molecular complexity index is 272. The number of carbonyl (C=O) groups excluding carboxylic acids is 1. The molecule has 2 N–H and O–H groups in total. The van der Waals surface area contributed by atoms with Crippen LogP contribution in [0.15, 0.2) is 0 Å². The number of hydrogen-bond donors (Lipinski definition) is 2. The smallest absolute Gasteiger partial charge is 0.221 e. The second kappa shape index (κ2) is 6.55. The van der Waals surface area contributed by atoms with Crippen molar-refractivity contribution in [1.29, 1.82) is 0 Å². The summed E-state index contributed by atoms with van der Waals surface area (Å²) in [5.74, 6) is 0.196. The quantitative estimate of drug-likeness (QED) is 0.763. The lowest BCUT2D eigenvalue weighted by Crippen LogP contribution is -2.54. The lowest BCUT2D eigenvalue weighted by atomic mass is 9.57. The summed E-state index contributed by atoms with van der Waals surface area (Å²) in [4.78, 5) is 11.5. The van der Waals surface area contributed by atoms with Crippen LogP contribution in [0.25, 0.3) is 0 Å². The molecule has 3 heteroatoms. The van der Waals surface area contributed by atoms with Crippen molar-refractivity contribution in [2.24, 2.45) is 5.41 Å². The molecule has 1 spiro atoms. The van der Waals surface area contributed by atoms with Crippen molar-refractivity contribution in [2.45, 2.75) is 70.8 Å². The topological polar surface area (TPSA) is 41.1 Å². The highest BCUT2D eigenvalue weighted by atomic mass is 16.1. The molecule has 0 radical (unpaired) electrons. The molecule has 2 aliphatic rings. The largest absolute Gasteiger partial charge is 0.356 e. The fraction of sp³-hybridized carbons (Fsp3) is 0.933. The molecule has 104 valence electrons. The first-order valence-corrected chi connectivity index (χ1v) is 7.77. The van der Waals surface area contributed by atoms with Crippen LogP contribution in [0.4, 0.5) is 0 Å². The molecule has 2 saturated carbocycles. The second-order valence-corrected chi connectivity index (χ2v) is 6.07. The molecule has 1 atom stereocenters. The molecule has 0 heterocycles.